The molecule has 0 heterocycles. The van der Waals surface area contributed by atoms with E-state index in [4.69, 9.17) is 21.4 Å². The van der Waals surface area contributed by atoms with Gasteiger partial charge in [-0.2, -0.15) is 0 Å². The van der Waals surface area contributed by atoms with Gasteiger partial charge >= 0.3 is 5.97 Å². The number of benzene rings is 1. The van der Waals surface area contributed by atoms with Crippen LogP contribution >= 0.6 is 11.6 Å². The number of aliphatic hydroxyl groups is 1. The molecule has 0 radical (unpaired) electrons. The Kier molecular flexibility index (Phi) is 5.57. The summed E-state index contributed by atoms with van der Waals surface area (Å²) in [5, 5.41) is 21.0. The largest absolute Gasteiger partial charge is 0.479 e. The van der Waals surface area contributed by atoms with Crippen molar-refractivity contribution in [1.82, 2.24) is 5.32 Å². The molecular weight excluding hydrogens is 298 g/mol. The quantitative estimate of drug-likeness (QED) is 0.737. The maximum atomic E-state index is 11.8. The van der Waals surface area contributed by atoms with Crippen LogP contribution in [-0.4, -0.2) is 40.3 Å². The summed E-state index contributed by atoms with van der Waals surface area (Å²) >= 11 is 5.96. The first-order valence-corrected chi connectivity index (χ1v) is 6.67. The van der Waals surface area contributed by atoms with Crippen molar-refractivity contribution in [2.24, 2.45) is 0 Å². The minimum atomic E-state index is -2.03. The second kappa shape index (κ2) is 6.78. The van der Waals surface area contributed by atoms with Crippen molar-refractivity contribution < 1.29 is 24.5 Å². The summed E-state index contributed by atoms with van der Waals surface area (Å²) in [6.07, 6.45) is -0.881. The van der Waals surface area contributed by atoms with Crippen LogP contribution in [-0.2, 0) is 9.59 Å². The number of amides is 1. The summed E-state index contributed by atoms with van der Waals surface area (Å²) in [4.78, 5) is 22.6. The van der Waals surface area contributed by atoms with E-state index >= 15 is 0 Å². The molecule has 2 unspecified atom stereocenters. The van der Waals surface area contributed by atoms with E-state index in [-0.39, 0.29) is 0 Å². The van der Waals surface area contributed by atoms with Crippen LogP contribution in [0.4, 0.5) is 0 Å². The average molecular weight is 316 g/mol. The van der Waals surface area contributed by atoms with Crippen LogP contribution in [0.2, 0.25) is 5.02 Å². The van der Waals surface area contributed by atoms with Gasteiger partial charge in [0, 0.05) is 0 Å². The summed E-state index contributed by atoms with van der Waals surface area (Å²) in [6, 6.07) is 5.16. The number of carbonyl (C=O) groups is 2. The van der Waals surface area contributed by atoms with Crippen molar-refractivity contribution in [1.29, 1.82) is 0 Å². The van der Waals surface area contributed by atoms with E-state index < -0.39 is 30.1 Å². The number of carbonyl (C=O) groups excluding carboxylic acids is 1. The monoisotopic (exact) mass is 315 g/mol. The van der Waals surface area contributed by atoms with Crippen LogP contribution in [0.3, 0.4) is 0 Å². The molecule has 0 spiro atoms. The number of hydrogen-bond donors (Lipinski definition) is 3. The predicted molar refractivity (Wildman–Crippen MR) is 77.5 cm³/mol. The molecule has 6 nitrogen and oxygen atoms in total. The van der Waals surface area contributed by atoms with Gasteiger partial charge in [0.25, 0.3) is 5.91 Å². The third-order valence-corrected chi connectivity index (χ3v) is 3.14. The van der Waals surface area contributed by atoms with E-state index in [0.29, 0.717) is 10.8 Å². The third kappa shape index (κ3) is 4.91. The lowest BCUT2D eigenvalue weighted by Gasteiger charge is -2.21. The van der Waals surface area contributed by atoms with E-state index in [2.05, 4.69) is 5.32 Å². The van der Waals surface area contributed by atoms with Crippen molar-refractivity contribution in [3.05, 3.63) is 28.8 Å². The number of rotatable bonds is 6. The zero-order valence-electron chi connectivity index (χ0n) is 12.0. The zero-order chi connectivity index (χ0) is 16.2. The van der Waals surface area contributed by atoms with Gasteiger partial charge in [0.15, 0.2) is 11.7 Å². The van der Waals surface area contributed by atoms with Crippen LogP contribution in [0.25, 0.3) is 0 Å². The van der Waals surface area contributed by atoms with Gasteiger partial charge in [-0.1, -0.05) is 17.7 Å². The van der Waals surface area contributed by atoms with Gasteiger partial charge in [0.05, 0.1) is 11.6 Å². The van der Waals surface area contributed by atoms with Crippen LogP contribution in [0.1, 0.15) is 19.4 Å². The summed E-state index contributed by atoms with van der Waals surface area (Å²) < 4.78 is 5.44. The maximum Gasteiger partial charge on any atom is 0.337 e. The SMILES string of the molecule is Cc1ccc(Cl)c(OC(C)C(=O)NCC(C)(O)C(=O)O)c1. The van der Waals surface area contributed by atoms with Gasteiger partial charge in [-0.15, -0.1) is 0 Å². The van der Waals surface area contributed by atoms with Gasteiger partial charge in [-0.05, 0) is 38.5 Å². The molecular formula is C14H18ClNO5. The van der Waals surface area contributed by atoms with E-state index in [1.54, 1.807) is 12.1 Å². The number of hydrogen-bond acceptors (Lipinski definition) is 4. The molecule has 0 bridgehead atoms. The Morgan fingerprint density at radius 2 is 2.10 bits per heavy atom. The minimum Gasteiger partial charge on any atom is -0.479 e. The molecule has 21 heavy (non-hydrogen) atoms. The molecule has 0 aliphatic carbocycles. The van der Waals surface area contributed by atoms with Crippen molar-refractivity contribution in [3.8, 4) is 5.75 Å². The fraction of sp³-hybridized carbons (Fsp3) is 0.429. The summed E-state index contributed by atoms with van der Waals surface area (Å²) in [5.41, 5.74) is -1.10. The van der Waals surface area contributed by atoms with E-state index in [1.807, 2.05) is 13.0 Å². The number of aliphatic carboxylic acids is 1. The molecule has 116 valence electrons. The number of ether oxygens (including phenoxy) is 1. The van der Waals surface area contributed by atoms with E-state index in [9.17, 15) is 14.7 Å². The number of carboxylic acid groups (broad SMARTS) is 1. The van der Waals surface area contributed by atoms with Crippen LogP contribution in [0, 0.1) is 6.92 Å². The fourth-order valence-corrected chi connectivity index (χ4v) is 1.59. The molecule has 1 rings (SSSR count). The lowest BCUT2D eigenvalue weighted by atomic mass is 10.1. The Hall–Kier alpha value is -1.79. The standard InChI is InChI=1S/C14H18ClNO5/c1-8-4-5-10(15)11(6-8)21-9(2)12(17)16-7-14(3,20)13(18)19/h4-6,9,20H,7H2,1-3H3,(H,16,17)(H,18,19). The number of aryl methyl sites for hydroxylation is 1. The summed E-state index contributed by atoms with van der Waals surface area (Å²) in [5.74, 6) is -1.60. The lowest BCUT2D eigenvalue weighted by Crippen LogP contribution is -2.49. The molecule has 0 aliphatic rings. The molecule has 0 aromatic heterocycles. The van der Waals surface area contributed by atoms with E-state index in [1.165, 1.54) is 6.92 Å². The summed E-state index contributed by atoms with van der Waals surface area (Å²) in [6.45, 7) is 4.04. The highest BCUT2D eigenvalue weighted by Gasteiger charge is 2.31. The zero-order valence-corrected chi connectivity index (χ0v) is 12.8. The lowest BCUT2D eigenvalue weighted by molar-refractivity contribution is -0.156. The first kappa shape index (κ1) is 17.3. The molecule has 1 aromatic rings. The molecule has 0 aliphatic heterocycles. The first-order valence-electron chi connectivity index (χ1n) is 6.30. The molecule has 7 heteroatoms. The number of nitrogens with one attached hydrogen (secondary N) is 1. The molecule has 1 aromatic carbocycles. The Morgan fingerprint density at radius 3 is 2.67 bits per heavy atom. The molecule has 1 amide bonds. The average Bonchev–Trinajstić information content (AvgIpc) is 2.40. The number of halogens is 1. The topological polar surface area (TPSA) is 95.9 Å². The smallest absolute Gasteiger partial charge is 0.337 e. The minimum absolute atomic E-state index is 0.365. The Morgan fingerprint density at radius 1 is 1.48 bits per heavy atom. The third-order valence-electron chi connectivity index (χ3n) is 2.83. The van der Waals surface area contributed by atoms with Gasteiger partial charge < -0.3 is 20.3 Å². The van der Waals surface area contributed by atoms with Gasteiger partial charge in [-0.25, -0.2) is 4.79 Å². The van der Waals surface area contributed by atoms with Crippen molar-refractivity contribution in [2.75, 3.05) is 6.54 Å². The fourth-order valence-electron chi connectivity index (χ4n) is 1.42. The Labute approximate surface area is 127 Å². The molecule has 2 atom stereocenters. The van der Waals surface area contributed by atoms with Gasteiger partial charge in [-0.3, -0.25) is 4.79 Å². The van der Waals surface area contributed by atoms with Crippen LogP contribution < -0.4 is 10.1 Å². The van der Waals surface area contributed by atoms with Gasteiger partial charge in [0.1, 0.15) is 5.75 Å². The number of carboxylic acids is 1. The second-order valence-corrected chi connectivity index (χ2v) is 5.40. The van der Waals surface area contributed by atoms with Crippen molar-refractivity contribution in [3.63, 3.8) is 0 Å². The van der Waals surface area contributed by atoms with Crippen LogP contribution in [0.5, 0.6) is 5.75 Å². The van der Waals surface area contributed by atoms with Gasteiger partial charge in [0.2, 0.25) is 0 Å². The Bertz CT molecular complexity index is 544. The normalized spacial score (nSPS) is 14.9. The molecule has 3 N–H and O–H groups in total. The Balaban J connectivity index is 2.63. The highest BCUT2D eigenvalue weighted by Crippen LogP contribution is 2.26. The second-order valence-electron chi connectivity index (χ2n) is 4.99. The highest BCUT2D eigenvalue weighted by molar-refractivity contribution is 6.32. The highest BCUT2D eigenvalue weighted by atomic mass is 35.5. The first-order chi connectivity index (χ1) is 9.63. The van der Waals surface area contributed by atoms with Crippen LogP contribution in [0.15, 0.2) is 18.2 Å². The van der Waals surface area contributed by atoms with Crippen molar-refractivity contribution in [2.45, 2.75) is 32.5 Å². The molecule has 0 saturated heterocycles. The van der Waals surface area contributed by atoms with E-state index in [0.717, 1.165) is 12.5 Å². The van der Waals surface area contributed by atoms with Crippen molar-refractivity contribution >= 4 is 23.5 Å². The molecule has 0 fully saturated rings. The predicted octanol–water partition coefficient (Wildman–Crippen LogP) is 1.37. The molecule has 0 saturated carbocycles. The summed E-state index contributed by atoms with van der Waals surface area (Å²) in [7, 11) is 0. The maximum absolute atomic E-state index is 11.8.